The lowest BCUT2D eigenvalue weighted by Gasteiger charge is -2.25. The largest absolute Gasteiger partial charge is 0.469 e. The summed E-state index contributed by atoms with van der Waals surface area (Å²) in [6.45, 7) is 10.7. The lowest BCUT2D eigenvalue weighted by molar-refractivity contribution is 0.322. The van der Waals surface area contributed by atoms with Gasteiger partial charge in [0.05, 0.1) is 6.26 Å². The molecule has 0 bridgehead atoms. The van der Waals surface area contributed by atoms with E-state index in [9.17, 15) is 0 Å². The van der Waals surface area contributed by atoms with Gasteiger partial charge in [-0.2, -0.15) is 0 Å². The Kier molecular flexibility index (Phi) is 5.10. The Balaban J connectivity index is 1.92. The predicted molar refractivity (Wildman–Crippen MR) is 83.0 cm³/mol. The maximum atomic E-state index is 5.35. The quantitative estimate of drug-likeness (QED) is 0.664. The second kappa shape index (κ2) is 6.82. The summed E-state index contributed by atoms with van der Waals surface area (Å²) in [7, 11) is 0. The summed E-state index contributed by atoms with van der Waals surface area (Å²) < 4.78 is 5.35. The third-order valence-corrected chi connectivity index (χ3v) is 4.25. The molecular weight excluding hydrogens is 250 g/mol. The Morgan fingerprint density at radius 1 is 1.50 bits per heavy atom. The first-order chi connectivity index (χ1) is 9.67. The zero-order valence-electron chi connectivity index (χ0n) is 13.0. The summed E-state index contributed by atoms with van der Waals surface area (Å²) in [6, 6.07) is 3.93. The van der Waals surface area contributed by atoms with Crippen LogP contribution in [0.4, 0.5) is 0 Å². The molecule has 0 saturated carbocycles. The van der Waals surface area contributed by atoms with Crippen LogP contribution >= 0.6 is 0 Å². The van der Waals surface area contributed by atoms with Gasteiger partial charge in [0.15, 0.2) is 5.96 Å². The number of aliphatic imine (C=N–C) groups is 1. The molecule has 0 aromatic carbocycles. The van der Waals surface area contributed by atoms with E-state index in [4.69, 9.17) is 9.41 Å². The first-order valence-electron chi connectivity index (χ1n) is 7.72. The van der Waals surface area contributed by atoms with Crippen LogP contribution in [-0.2, 0) is 6.42 Å². The Hall–Kier alpha value is -1.45. The second-order valence-electron chi connectivity index (χ2n) is 5.90. The van der Waals surface area contributed by atoms with Gasteiger partial charge in [-0.3, -0.25) is 4.99 Å². The maximum Gasteiger partial charge on any atom is 0.193 e. The van der Waals surface area contributed by atoms with Crippen LogP contribution in [-0.4, -0.2) is 37.0 Å². The summed E-state index contributed by atoms with van der Waals surface area (Å²) in [5.41, 5.74) is 0.442. The molecule has 112 valence electrons. The highest BCUT2D eigenvalue weighted by Crippen LogP contribution is 2.32. The van der Waals surface area contributed by atoms with Crippen molar-refractivity contribution < 1.29 is 4.42 Å². The average molecular weight is 277 g/mol. The number of hydrogen-bond acceptors (Lipinski definition) is 2. The number of rotatable bonds is 5. The van der Waals surface area contributed by atoms with Gasteiger partial charge in [-0.25, -0.2) is 0 Å². The Bertz CT molecular complexity index is 427. The SMILES string of the molecule is CCNC(=NCCc1ccco1)N1CCC(C)(CC)C1. The van der Waals surface area contributed by atoms with Gasteiger partial charge in [0.1, 0.15) is 5.76 Å². The summed E-state index contributed by atoms with van der Waals surface area (Å²) in [5.74, 6) is 2.06. The van der Waals surface area contributed by atoms with Crippen molar-refractivity contribution in [2.75, 3.05) is 26.2 Å². The van der Waals surface area contributed by atoms with Crippen LogP contribution in [0, 0.1) is 5.41 Å². The van der Waals surface area contributed by atoms with E-state index in [1.165, 1.54) is 12.8 Å². The molecule has 1 saturated heterocycles. The molecule has 1 aliphatic heterocycles. The molecule has 1 unspecified atom stereocenters. The molecule has 1 aromatic rings. The molecule has 20 heavy (non-hydrogen) atoms. The first-order valence-corrected chi connectivity index (χ1v) is 7.72. The minimum absolute atomic E-state index is 0.442. The van der Waals surface area contributed by atoms with Gasteiger partial charge in [-0.05, 0) is 37.3 Å². The van der Waals surface area contributed by atoms with Crippen molar-refractivity contribution in [1.82, 2.24) is 10.2 Å². The smallest absolute Gasteiger partial charge is 0.193 e. The summed E-state index contributed by atoms with van der Waals surface area (Å²) in [5, 5.41) is 3.41. The molecule has 0 amide bonds. The molecule has 0 spiro atoms. The van der Waals surface area contributed by atoms with Crippen molar-refractivity contribution >= 4 is 5.96 Å². The fourth-order valence-electron chi connectivity index (χ4n) is 2.65. The molecule has 1 aliphatic rings. The van der Waals surface area contributed by atoms with E-state index in [0.29, 0.717) is 5.41 Å². The van der Waals surface area contributed by atoms with Gasteiger partial charge in [0.25, 0.3) is 0 Å². The monoisotopic (exact) mass is 277 g/mol. The maximum absolute atomic E-state index is 5.35. The van der Waals surface area contributed by atoms with Crippen molar-refractivity contribution in [3.63, 3.8) is 0 Å². The van der Waals surface area contributed by atoms with E-state index < -0.39 is 0 Å². The molecule has 0 aliphatic carbocycles. The highest BCUT2D eigenvalue weighted by atomic mass is 16.3. The highest BCUT2D eigenvalue weighted by Gasteiger charge is 2.33. The van der Waals surface area contributed by atoms with Crippen LogP contribution in [0.25, 0.3) is 0 Å². The Morgan fingerprint density at radius 2 is 2.35 bits per heavy atom. The minimum Gasteiger partial charge on any atom is -0.469 e. The topological polar surface area (TPSA) is 40.8 Å². The van der Waals surface area contributed by atoms with Crippen LogP contribution in [0.3, 0.4) is 0 Å². The third kappa shape index (κ3) is 3.78. The minimum atomic E-state index is 0.442. The van der Waals surface area contributed by atoms with E-state index in [1.54, 1.807) is 6.26 Å². The van der Waals surface area contributed by atoms with E-state index in [1.807, 2.05) is 12.1 Å². The van der Waals surface area contributed by atoms with E-state index >= 15 is 0 Å². The third-order valence-electron chi connectivity index (χ3n) is 4.25. The fourth-order valence-corrected chi connectivity index (χ4v) is 2.65. The van der Waals surface area contributed by atoms with E-state index in [2.05, 4.69) is 31.0 Å². The van der Waals surface area contributed by atoms with Crippen molar-refractivity contribution in [3.8, 4) is 0 Å². The van der Waals surface area contributed by atoms with Crippen LogP contribution in [0.1, 0.15) is 39.4 Å². The summed E-state index contributed by atoms with van der Waals surface area (Å²) in [6.07, 6.45) is 5.07. The Morgan fingerprint density at radius 3 is 2.95 bits per heavy atom. The molecule has 0 radical (unpaired) electrons. The standard InChI is InChI=1S/C16H27N3O/c1-4-16(3)9-11-19(13-16)15(17-5-2)18-10-8-14-7-6-12-20-14/h6-7,12H,4-5,8-11,13H2,1-3H3,(H,17,18). The summed E-state index contributed by atoms with van der Waals surface area (Å²) >= 11 is 0. The van der Waals surface area contributed by atoms with Crippen LogP contribution in [0.2, 0.25) is 0 Å². The molecule has 2 rings (SSSR count). The van der Waals surface area contributed by atoms with Crippen molar-refractivity contribution in [2.24, 2.45) is 10.4 Å². The molecular formula is C16H27N3O. The van der Waals surface area contributed by atoms with Gasteiger partial charge in [-0.15, -0.1) is 0 Å². The van der Waals surface area contributed by atoms with Gasteiger partial charge >= 0.3 is 0 Å². The number of hydrogen-bond donors (Lipinski definition) is 1. The number of furan rings is 1. The number of nitrogens with one attached hydrogen (secondary N) is 1. The van der Waals surface area contributed by atoms with Gasteiger partial charge in [0, 0.05) is 32.6 Å². The zero-order valence-corrected chi connectivity index (χ0v) is 13.0. The molecule has 4 nitrogen and oxygen atoms in total. The average Bonchev–Trinajstić information content (AvgIpc) is 3.08. The second-order valence-corrected chi connectivity index (χ2v) is 5.90. The van der Waals surface area contributed by atoms with Crippen molar-refractivity contribution in [1.29, 1.82) is 0 Å². The van der Waals surface area contributed by atoms with Crippen LogP contribution in [0.5, 0.6) is 0 Å². The lowest BCUT2D eigenvalue weighted by Crippen LogP contribution is -2.41. The molecule has 1 N–H and O–H groups in total. The van der Waals surface area contributed by atoms with Crippen LogP contribution in [0.15, 0.2) is 27.8 Å². The predicted octanol–water partition coefficient (Wildman–Crippen LogP) is 2.91. The molecule has 1 atom stereocenters. The number of nitrogens with zero attached hydrogens (tertiary/aromatic N) is 2. The van der Waals surface area contributed by atoms with Gasteiger partial charge in [-0.1, -0.05) is 13.8 Å². The summed E-state index contributed by atoms with van der Waals surface area (Å²) in [4.78, 5) is 7.14. The van der Waals surface area contributed by atoms with Gasteiger partial charge in [0.2, 0.25) is 0 Å². The number of guanidine groups is 1. The number of likely N-dealkylation sites (tertiary alicyclic amines) is 1. The van der Waals surface area contributed by atoms with Gasteiger partial charge < -0.3 is 14.6 Å². The van der Waals surface area contributed by atoms with Crippen LogP contribution < -0.4 is 5.32 Å². The molecule has 4 heteroatoms. The zero-order chi connectivity index (χ0) is 14.4. The van der Waals surface area contributed by atoms with E-state index in [0.717, 1.165) is 44.3 Å². The first kappa shape index (κ1) is 14.9. The molecule has 1 aromatic heterocycles. The van der Waals surface area contributed by atoms with E-state index in [-0.39, 0.29) is 0 Å². The lowest BCUT2D eigenvalue weighted by atomic mass is 9.87. The fraction of sp³-hybridized carbons (Fsp3) is 0.688. The van der Waals surface area contributed by atoms with Crippen molar-refractivity contribution in [2.45, 2.75) is 40.0 Å². The normalized spacial score (nSPS) is 23.4. The Labute approximate surface area is 122 Å². The highest BCUT2D eigenvalue weighted by molar-refractivity contribution is 5.80. The molecule has 2 heterocycles. The van der Waals surface area contributed by atoms with Crippen molar-refractivity contribution in [3.05, 3.63) is 24.2 Å². The molecule has 1 fully saturated rings.